The first-order chi connectivity index (χ1) is 45.5. The van der Waals surface area contributed by atoms with Crippen LogP contribution >= 0.6 is 0 Å². The normalized spacial score (nSPS) is 57.2. The third-order valence-corrected chi connectivity index (χ3v) is 33.7. The Hall–Kier alpha value is -1.66. The Labute approximate surface area is 575 Å². The van der Waals surface area contributed by atoms with Gasteiger partial charge in [-0.25, -0.2) is 0 Å². The maximum absolute atomic E-state index is 12.4. The molecule has 18 fully saturated rings. The van der Waals surface area contributed by atoms with Crippen molar-refractivity contribution >= 4 is 11.6 Å². The van der Waals surface area contributed by atoms with E-state index in [1.165, 1.54) is 51.4 Å². The van der Waals surface area contributed by atoms with Gasteiger partial charge in [0.2, 0.25) is 0 Å². The lowest BCUT2D eigenvalue weighted by Crippen LogP contribution is -2.63. The molecule has 18 rings (SSSR count). The molecule has 8 N–H and O–H groups in total. The average Bonchev–Trinajstić information content (AvgIpc) is 1.41. The van der Waals surface area contributed by atoms with E-state index in [1.807, 2.05) is 13.8 Å². The standard InChI is InChI=1S/C23H36O3.C21H32O4.C20H32O3.C18H28O4/c1-5-13-6-7-16-15(13)8-9-17-19(16)21-20(25-22(2,3)26-21)18-12-14(24)10-11-23(17,18)4;1-20(2)24-18-15-10-11(22)8-9-21(15,3)14-6-4-12-13(5-7-16(12)23)17(14)19(18)25-20;1-3-11-4-5-14-13(11)6-7-15-17(14)19(23)18(22)16-10-12(21)8-9-20(15,16)2;1-18-7-6-9(19)8-13(18)16(21)17(22)15-11-3-5-14(20)10(11)2-4-12(15)18/h5,14-21,24H,6-12H2,1-4H3;11-15,17-19,22H,4-10H2,1-3H3;3,12-19,21-23H,4-10H2,1-2H3;9-13,15-17,19,21-22H,2-8H2,1H3/b13-5-;;11-3-;/t14-,15?,16?,17?,18?,19?,20+,21+,23+;11-,12?,13?,14?,15?,17?,18+,19+,21+;12-,13?,14?,15?,16?,17?,18+,19+,20+;9-,10?,11?,12?,13?,15?,16+,17+,18+/m0000/s1. The molecular weight excluding hydrogens is 1210 g/mol. The van der Waals surface area contributed by atoms with Gasteiger partial charge >= 0.3 is 0 Å². The molecule has 2 saturated heterocycles. The van der Waals surface area contributed by atoms with E-state index < -0.39 is 36.0 Å². The highest BCUT2D eigenvalue weighted by molar-refractivity contribution is 5.84. The minimum absolute atomic E-state index is 0.000842. The van der Waals surface area contributed by atoms with Crippen LogP contribution in [-0.4, -0.2) is 137 Å². The molecule has 14 heteroatoms. The van der Waals surface area contributed by atoms with Crippen LogP contribution in [0.1, 0.15) is 249 Å². The SMILES string of the molecule is C/C=C1/CCC2C1CCC1C2[C@@H](O)[C@H](O)C2C[C@@H](O)CC[C@]12C.C/C=C1/CCC2C1CCC1C2[C@H]2OC(C)(C)O[C@@H]2C2C[C@@H](O)CC[C@]12C.CC1(C)O[C@@H]2C3C4CCC(=O)C4CCC3[C@@]3(C)CC[C@H](O)CC3[C@H]2O1.C[C@]12CC[C@H](O)CC1[C@@H](O)[C@H](O)C1C3CCC(=O)C3CCC12. The number of fused-ring (bicyclic) bond motifs is 26. The quantitative estimate of drug-likeness (QED) is 0.105. The van der Waals surface area contributed by atoms with Crippen molar-refractivity contribution in [3.05, 3.63) is 23.3 Å². The number of ether oxygens (including phenoxy) is 4. The highest BCUT2D eigenvalue weighted by Gasteiger charge is 2.70. The number of aliphatic hydroxyl groups is 8. The molecule has 2 aliphatic heterocycles. The molecule has 16 saturated carbocycles. The molecule has 0 spiro atoms. The van der Waals surface area contributed by atoms with Crippen LogP contribution in [0.5, 0.6) is 0 Å². The smallest absolute Gasteiger partial charge is 0.163 e. The van der Waals surface area contributed by atoms with Gasteiger partial charge in [-0.1, -0.05) is 51.0 Å². The Bertz CT molecular complexity index is 2940. The van der Waals surface area contributed by atoms with Crippen molar-refractivity contribution in [2.24, 2.45) is 140 Å². The van der Waals surface area contributed by atoms with Gasteiger partial charge in [0, 0.05) is 24.7 Å². The van der Waals surface area contributed by atoms with Gasteiger partial charge in [0.05, 0.1) is 73.2 Å². The maximum atomic E-state index is 12.4. The van der Waals surface area contributed by atoms with Crippen molar-refractivity contribution in [3.63, 3.8) is 0 Å². The molecule has 0 bridgehead atoms. The summed E-state index contributed by atoms with van der Waals surface area (Å²) in [6.45, 7) is 22.2. The van der Waals surface area contributed by atoms with Crippen LogP contribution < -0.4 is 0 Å². The lowest BCUT2D eigenvalue weighted by atomic mass is 9.45. The number of allylic oxidation sites excluding steroid dienone is 4. The van der Waals surface area contributed by atoms with Crippen molar-refractivity contribution in [2.75, 3.05) is 0 Å². The topological polar surface area (TPSA) is 233 Å². The lowest BCUT2D eigenvalue weighted by Gasteiger charge is -2.61. The van der Waals surface area contributed by atoms with Gasteiger partial charge in [-0.05, 0) is 337 Å². The van der Waals surface area contributed by atoms with E-state index in [4.69, 9.17) is 18.9 Å². The second kappa shape index (κ2) is 25.6. The molecule has 540 valence electrons. The van der Waals surface area contributed by atoms with Gasteiger partial charge in [0.15, 0.2) is 11.6 Å². The Balaban J connectivity index is 0.000000105. The molecular formula is C82H128O14. The predicted molar refractivity (Wildman–Crippen MR) is 365 cm³/mol. The predicted octanol–water partition coefficient (Wildman–Crippen LogP) is 12.4. The summed E-state index contributed by atoms with van der Waals surface area (Å²) in [5.41, 5.74) is 3.89. The number of hydrogen-bond donors (Lipinski definition) is 8. The summed E-state index contributed by atoms with van der Waals surface area (Å²) in [7, 11) is 0. The van der Waals surface area contributed by atoms with E-state index in [1.54, 1.807) is 11.1 Å². The molecule has 0 amide bonds. The number of Topliss-reactive ketones (excluding diaryl/α,β-unsaturated/α-hetero) is 2. The summed E-state index contributed by atoms with van der Waals surface area (Å²) in [6, 6.07) is 0. The number of hydrogen-bond acceptors (Lipinski definition) is 14. The van der Waals surface area contributed by atoms with Gasteiger partial charge < -0.3 is 59.8 Å². The average molecular weight is 1340 g/mol. The molecule has 16 aliphatic carbocycles. The molecule has 18 aliphatic rings. The summed E-state index contributed by atoms with van der Waals surface area (Å²) in [5.74, 6) is 8.20. The molecule has 0 aromatic rings. The minimum atomic E-state index is -0.754. The number of carbonyl (C=O) groups is 2. The molecule has 0 aromatic carbocycles. The fourth-order valence-corrected chi connectivity index (χ4v) is 29.4. The molecule has 96 heavy (non-hydrogen) atoms. The second-order valence-electron chi connectivity index (χ2n) is 38.2. The summed E-state index contributed by atoms with van der Waals surface area (Å²) >= 11 is 0. The van der Waals surface area contributed by atoms with Crippen LogP contribution in [0.15, 0.2) is 23.3 Å². The van der Waals surface area contributed by atoms with Crippen molar-refractivity contribution in [1.29, 1.82) is 0 Å². The molecule has 36 atom stereocenters. The molecule has 2 heterocycles. The fraction of sp³-hybridized carbons (Fsp3) is 0.927. The number of carbonyl (C=O) groups excluding carboxylic acids is 2. The second-order valence-corrected chi connectivity index (χ2v) is 38.2. The molecule has 20 unspecified atom stereocenters. The number of ketones is 2. The van der Waals surface area contributed by atoms with Crippen LogP contribution in [0, 0.1) is 140 Å². The third kappa shape index (κ3) is 11.2. The maximum Gasteiger partial charge on any atom is 0.163 e. The lowest BCUT2D eigenvalue weighted by molar-refractivity contribution is -0.211. The summed E-state index contributed by atoms with van der Waals surface area (Å²) in [4.78, 5) is 24.5. The highest BCUT2D eigenvalue weighted by Crippen LogP contribution is 2.70. The van der Waals surface area contributed by atoms with Crippen LogP contribution in [-0.2, 0) is 28.5 Å². The van der Waals surface area contributed by atoms with Gasteiger partial charge in [-0.2, -0.15) is 0 Å². The van der Waals surface area contributed by atoms with Crippen LogP contribution in [0.2, 0.25) is 0 Å². The number of rotatable bonds is 0. The van der Waals surface area contributed by atoms with Crippen molar-refractivity contribution in [1.82, 2.24) is 0 Å². The van der Waals surface area contributed by atoms with Crippen molar-refractivity contribution in [2.45, 2.75) is 334 Å². The zero-order valence-electron chi connectivity index (χ0n) is 60.5. The van der Waals surface area contributed by atoms with Crippen molar-refractivity contribution < 1.29 is 69.4 Å². The van der Waals surface area contributed by atoms with Crippen LogP contribution in [0.3, 0.4) is 0 Å². The molecule has 0 aromatic heterocycles. The zero-order chi connectivity index (χ0) is 67.8. The fourth-order valence-electron chi connectivity index (χ4n) is 29.4. The van der Waals surface area contributed by atoms with Crippen LogP contribution in [0.25, 0.3) is 0 Å². The Morgan fingerprint density at radius 2 is 0.594 bits per heavy atom. The first-order valence-electron chi connectivity index (χ1n) is 40.1. The van der Waals surface area contributed by atoms with E-state index in [0.717, 1.165) is 127 Å². The Morgan fingerprint density at radius 1 is 0.312 bits per heavy atom. The first kappa shape index (κ1) is 70.0. The summed E-state index contributed by atoms with van der Waals surface area (Å²) in [6.07, 6.45) is 29.8. The molecule has 14 nitrogen and oxygen atoms in total. The summed E-state index contributed by atoms with van der Waals surface area (Å²) < 4.78 is 26.1. The Kier molecular flexibility index (Phi) is 18.7. The Morgan fingerprint density at radius 3 is 0.958 bits per heavy atom. The van der Waals surface area contributed by atoms with E-state index >= 15 is 0 Å². The first-order valence-corrected chi connectivity index (χ1v) is 40.1. The summed E-state index contributed by atoms with van der Waals surface area (Å²) in [5, 5.41) is 84.2. The highest BCUT2D eigenvalue weighted by atomic mass is 16.8. The van der Waals surface area contributed by atoms with Gasteiger partial charge in [0.25, 0.3) is 0 Å². The van der Waals surface area contributed by atoms with E-state index in [9.17, 15) is 50.4 Å². The van der Waals surface area contributed by atoms with Gasteiger partial charge in [0.1, 0.15) is 11.6 Å². The number of aliphatic hydroxyl groups excluding tert-OH is 8. The van der Waals surface area contributed by atoms with E-state index in [2.05, 4.69) is 67.5 Å². The monoisotopic (exact) mass is 1340 g/mol. The largest absolute Gasteiger partial charge is 0.393 e. The molecule has 0 radical (unpaired) electrons. The van der Waals surface area contributed by atoms with Crippen molar-refractivity contribution in [3.8, 4) is 0 Å². The van der Waals surface area contributed by atoms with E-state index in [-0.39, 0.29) is 107 Å². The van der Waals surface area contributed by atoms with Gasteiger partial charge in [-0.3, -0.25) is 9.59 Å². The van der Waals surface area contributed by atoms with E-state index in [0.29, 0.717) is 95.4 Å². The third-order valence-electron chi connectivity index (χ3n) is 33.7. The zero-order valence-corrected chi connectivity index (χ0v) is 60.5. The van der Waals surface area contributed by atoms with Gasteiger partial charge in [-0.15, -0.1) is 0 Å². The minimum Gasteiger partial charge on any atom is -0.393 e. The van der Waals surface area contributed by atoms with Crippen LogP contribution in [0.4, 0.5) is 0 Å².